The van der Waals surface area contributed by atoms with Gasteiger partial charge in [-0.05, 0) is 13.8 Å². The summed E-state index contributed by atoms with van der Waals surface area (Å²) in [5.41, 5.74) is -0.750. The van der Waals surface area contributed by atoms with Crippen LogP contribution < -0.4 is 0 Å². The summed E-state index contributed by atoms with van der Waals surface area (Å²) < 4.78 is 0. The number of nitrogens with zero attached hydrogens (tertiary/aromatic N) is 1. The number of Topliss-reactive ketones (excluding diaryl/α,β-unsaturated/α-hetero) is 1. The van der Waals surface area contributed by atoms with Gasteiger partial charge in [-0.25, -0.2) is 0 Å². The summed E-state index contributed by atoms with van der Waals surface area (Å²) in [5, 5.41) is 11.6. The van der Waals surface area contributed by atoms with Crippen LogP contribution in [0, 0.1) is 0 Å². The van der Waals surface area contributed by atoms with E-state index in [1.54, 1.807) is 13.8 Å². The first-order chi connectivity index (χ1) is 4.05. The van der Waals surface area contributed by atoms with Crippen molar-refractivity contribution in [3.05, 3.63) is 0 Å². The van der Waals surface area contributed by atoms with Crippen molar-refractivity contribution in [3.8, 4) is 0 Å². The third-order valence-electron chi connectivity index (χ3n) is 1.85. The molecule has 0 aromatic heterocycles. The molecular formula is C6H10NO2. The lowest BCUT2D eigenvalue weighted by Crippen LogP contribution is -2.39. The van der Waals surface area contributed by atoms with Crippen molar-refractivity contribution in [3.63, 3.8) is 0 Å². The monoisotopic (exact) mass is 128 g/mol. The highest BCUT2D eigenvalue weighted by molar-refractivity contribution is 5.89. The smallest absolute Gasteiger partial charge is 0.156 e. The summed E-state index contributed by atoms with van der Waals surface area (Å²) in [6, 6.07) is 0. The normalized spacial score (nSPS) is 27.2. The van der Waals surface area contributed by atoms with E-state index in [-0.39, 0.29) is 5.78 Å². The zero-order valence-corrected chi connectivity index (χ0v) is 5.68. The van der Waals surface area contributed by atoms with Crippen LogP contribution in [0.4, 0.5) is 0 Å². The van der Waals surface area contributed by atoms with Crippen molar-refractivity contribution in [2.45, 2.75) is 25.8 Å². The van der Waals surface area contributed by atoms with Gasteiger partial charge in [0.15, 0.2) is 5.78 Å². The summed E-state index contributed by atoms with van der Waals surface area (Å²) in [5.74, 6) is 0.0532. The van der Waals surface area contributed by atoms with E-state index in [4.69, 9.17) is 0 Å². The van der Waals surface area contributed by atoms with E-state index < -0.39 is 5.54 Å². The molecule has 1 saturated heterocycles. The molecule has 1 aliphatic heterocycles. The molecule has 0 bridgehead atoms. The molecule has 1 aliphatic rings. The van der Waals surface area contributed by atoms with E-state index in [9.17, 15) is 10.0 Å². The predicted molar refractivity (Wildman–Crippen MR) is 31.1 cm³/mol. The molecule has 0 atom stereocenters. The highest BCUT2D eigenvalue weighted by atomic mass is 16.5. The fourth-order valence-electron chi connectivity index (χ4n) is 0.928. The molecule has 0 aliphatic carbocycles. The molecular weight excluding hydrogens is 118 g/mol. The maximum Gasteiger partial charge on any atom is 0.156 e. The average molecular weight is 128 g/mol. The van der Waals surface area contributed by atoms with Gasteiger partial charge in [-0.15, -0.1) is 10.3 Å². The standard InChI is InChI=1S/C6H10NO2/c1-6(2)5(8)3-4-7(6)9/h3-4H2,1-2H3. The molecule has 0 spiro atoms. The number of rotatable bonds is 0. The molecule has 3 nitrogen and oxygen atoms in total. The summed E-state index contributed by atoms with van der Waals surface area (Å²) >= 11 is 0. The zero-order valence-electron chi connectivity index (χ0n) is 5.68. The van der Waals surface area contributed by atoms with Gasteiger partial charge in [0.05, 0.1) is 0 Å². The van der Waals surface area contributed by atoms with Gasteiger partial charge in [0.25, 0.3) is 0 Å². The Bertz CT molecular complexity index is 142. The molecule has 1 heterocycles. The van der Waals surface area contributed by atoms with E-state index in [1.165, 1.54) is 0 Å². The topological polar surface area (TPSA) is 40.2 Å². The molecule has 0 amide bonds. The zero-order chi connectivity index (χ0) is 7.07. The molecule has 1 radical (unpaired) electrons. The molecule has 1 rings (SSSR count). The molecule has 51 valence electrons. The first-order valence-corrected chi connectivity index (χ1v) is 3.03. The lowest BCUT2D eigenvalue weighted by molar-refractivity contribution is -0.195. The molecule has 0 unspecified atom stereocenters. The third kappa shape index (κ3) is 0.862. The summed E-state index contributed by atoms with van der Waals surface area (Å²) in [6.07, 6.45) is 0.413. The van der Waals surface area contributed by atoms with Crippen molar-refractivity contribution in [1.29, 1.82) is 0 Å². The average Bonchev–Trinajstić information content (AvgIpc) is 1.96. The Balaban J connectivity index is 2.78. The van der Waals surface area contributed by atoms with Crippen LogP contribution in [0.25, 0.3) is 0 Å². The Morgan fingerprint density at radius 3 is 2.22 bits per heavy atom. The predicted octanol–water partition coefficient (Wildman–Crippen LogP) is 0.385. The van der Waals surface area contributed by atoms with E-state index in [0.717, 1.165) is 5.06 Å². The summed E-state index contributed by atoms with van der Waals surface area (Å²) in [7, 11) is 0. The van der Waals surface area contributed by atoms with Crippen LogP contribution in [0.15, 0.2) is 0 Å². The van der Waals surface area contributed by atoms with Crippen LogP contribution in [0.3, 0.4) is 0 Å². The minimum atomic E-state index is -0.750. The molecule has 3 heteroatoms. The number of hydrogen-bond acceptors (Lipinski definition) is 2. The largest absolute Gasteiger partial charge is 0.297 e. The number of carbonyl (C=O) groups excluding carboxylic acids is 1. The van der Waals surface area contributed by atoms with Crippen LogP contribution in [-0.2, 0) is 10.0 Å². The second kappa shape index (κ2) is 1.78. The van der Waals surface area contributed by atoms with E-state index >= 15 is 0 Å². The minimum Gasteiger partial charge on any atom is -0.297 e. The van der Waals surface area contributed by atoms with Gasteiger partial charge in [0.1, 0.15) is 5.54 Å². The van der Waals surface area contributed by atoms with Crippen molar-refractivity contribution >= 4 is 5.78 Å². The van der Waals surface area contributed by atoms with Crippen molar-refractivity contribution < 1.29 is 10.0 Å². The van der Waals surface area contributed by atoms with Crippen molar-refractivity contribution in [1.82, 2.24) is 5.06 Å². The first kappa shape index (κ1) is 6.71. The van der Waals surface area contributed by atoms with E-state index in [1.807, 2.05) is 0 Å². The highest BCUT2D eigenvalue weighted by Crippen LogP contribution is 2.22. The maximum absolute atomic E-state index is 10.9. The molecule has 0 aromatic rings. The fourth-order valence-corrected chi connectivity index (χ4v) is 0.928. The van der Waals surface area contributed by atoms with Gasteiger partial charge in [0, 0.05) is 13.0 Å². The van der Waals surface area contributed by atoms with Gasteiger partial charge >= 0.3 is 0 Å². The molecule has 9 heavy (non-hydrogen) atoms. The second-order valence-corrected chi connectivity index (χ2v) is 2.83. The molecule has 0 saturated carbocycles. The number of ketones is 1. The highest BCUT2D eigenvalue weighted by Gasteiger charge is 2.40. The van der Waals surface area contributed by atoms with Crippen LogP contribution in [0.5, 0.6) is 0 Å². The Morgan fingerprint density at radius 2 is 2.11 bits per heavy atom. The lowest BCUT2D eigenvalue weighted by Gasteiger charge is -2.20. The lowest BCUT2D eigenvalue weighted by atomic mass is 10.0. The van der Waals surface area contributed by atoms with Crippen molar-refractivity contribution in [2.75, 3.05) is 6.54 Å². The van der Waals surface area contributed by atoms with Crippen molar-refractivity contribution in [2.24, 2.45) is 0 Å². The quantitative estimate of drug-likeness (QED) is 0.473. The Labute approximate surface area is 54.2 Å². The van der Waals surface area contributed by atoms with Crippen LogP contribution in [0.2, 0.25) is 0 Å². The SMILES string of the molecule is CC1(C)C(=O)CCN1[O]. The van der Waals surface area contributed by atoms with E-state index in [2.05, 4.69) is 0 Å². The van der Waals surface area contributed by atoms with Gasteiger partial charge < -0.3 is 0 Å². The fraction of sp³-hybridized carbons (Fsp3) is 0.833. The minimum absolute atomic E-state index is 0.0532. The third-order valence-corrected chi connectivity index (χ3v) is 1.85. The molecule has 1 fully saturated rings. The summed E-state index contributed by atoms with van der Waals surface area (Å²) in [6.45, 7) is 3.69. The van der Waals surface area contributed by atoms with Gasteiger partial charge in [-0.3, -0.25) is 4.79 Å². The Morgan fingerprint density at radius 1 is 1.56 bits per heavy atom. The molecule has 0 N–H and O–H groups in total. The first-order valence-electron chi connectivity index (χ1n) is 3.03. The number of hydrogen-bond donors (Lipinski definition) is 0. The Kier molecular flexibility index (Phi) is 1.33. The number of carbonyl (C=O) groups is 1. The summed E-state index contributed by atoms with van der Waals surface area (Å²) in [4.78, 5) is 10.9. The van der Waals surface area contributed by atoms with Gasteiger partial charge in [-0.2, -0.15) is 0 Å². The van der Waals surface area contributed by atoms with Gasteiger partial charge in [-0.1, -0.05) is 0 Å². The second-order valence-electron chi connectivity index (χ2n) is 2.83. The van der Waals surface area contributed by atoms with Gasteiger partial charge in [0.2, 0.25) is 0 Å². The number of hydroxylamine groups is 2. The maximum atomic E-state index is 10.9. The van der Waals surface area contributed by atoms with Crippen LogP contribution in [0.1, 0.15) is 20.3 Å². The molecule has 0 aromatic carbocycles. The van der Waals surface area contributed by atoms with E-state index in [0.29, 0.717) is 13.0 Å². The van der Waals surface area contributed by atoms with Crippen LogP contribution >= 0.6 is 0 Å². The Hall–Kier alpha value is -0.410. The van der Waals surface area contributed by atoms with Crippen LogP contribution in [-0.4, -0.2) is 22.9 Å².